The summed E-state index contributed by atoms with van der Waals surface area (Å²) in [6.45, 7) is 0. The molecule has 0 spiro atoms. The van der Waals surface area contributed by atoms with Crippen molar-refractivity contribution in [2.24, 2.45) is 0 Å². The van der Waals surface area contributed by atoms with E-state index < -0.39 is 0 Å². The molecule has 0 amide bonds. The number of halogens is 2. The Morgan fingerprint density at radius 3 is 2.59 bits per heavy atom. The van der Waals surface area contributed by atoms with Crippen molar-refractivity contribution >= 4 is 39.0 Å². The summed E-state index contributed by atoms with van der Waals surface area (Å²) >= 11 is 9.17. The minimum Gasteiger partial charge on any atom is -0.438 e. The molecule has 1 heterocycles. The Balaban J connectivity index is 2.28. The number of hydrogen-bond acceptors (Lipinski definition) is 4. The number of anilines is 2. The fraction of sp³-hybridized carbons (Fsp3) is 0. The molecular formula is C11H9BrClN3O. The van der Waals surface area contributed by atoms with E-state index >= 15 is 0 Å². The molecule has 0 unspecified atom stereocenters. The molecule has 17 heavy (non-hydrogen) atoms. The maximum absolute atomic E-state index is 5.83. The lowest BCUT2D eigenvalue weighted by Gasteiger charge is -2.08. The zero-order valence-corrected chi connectivity index (χ0v) is 11.0. The fourth-order valence-electron chi connectivity index (χ4n) is 1.19. The molecule has 0 fully saturated rings. The average Bonchev–Trinajstić information content (AvgIpc) is 2.27. The maximum atomic E-state index is 5.83. The van der Waals surface area contributed by atoms with Crippen LogP contribution >= 0.6 is 27.5 Å². The molecule has 4 N–H and O–H groups in total. The van der Waals surface area contributed by atoms with Gasteiger partial charge in [0.15, 0.2) is 5.82 Å². The van der Waals surface area contributed by atoms with Crippen molar-refractivity contribution in [3.05, 3.63) is 39.8 Å². The van der Waals surface area contributed by atoms with Crippen LogP contribution in [0.15, 0.2) is 34.8 Å². The summed E-state index contributed by atoms with van der Waals surface area (Å²) in [5.41, 5.74) is 11.6. The minimum atomic E-state index is 0.243. The van der Waals surface area contributed by atoms with E-state index in [1.807, 2.05) is 0 Å². The van der Waals surface area contributed by atoms with Crippen LogP contribution in [-0.2, 0) is 0 Å². The third-order valence-corrected chi connectivity index (χ3v) is 2.90. The van der Waals surface area contributed by atoms with Crippen molar-refractivity contribution in [3.63, 3.8) is 0 Å². The third-order valence-electron chi connectivity index (χ3n) is 2.04. The van der Waals surface area contributed by atoms with Crippen LogP contribution in [0.3, 0.4) is 0 Å². The standard InChI is InChI=1S/C11H9BrClN3O/c12-7-5-6(13)1-3-9(7)17-10-4-2-8(14)11(15)16-10/h1-5H,14H2,(H2,15,16). The number of rotatable bonds is 2. The molecule has 0 radical (unpaired) electrons. The van der Waals surface area contributed by atoms with Gasteiger partial charge in [0.2, 0.25) is 5.88 Å². The van der Waals surface area contributed by atoms with Crippen molar-refractivity contribution in [1.82, 2.24) is 4.98 Å². The Kier molecular flexibility index (Phi) is 3.40. The van der Waals surface area contributed by atoms with Crippen molar-refractivity contribution in [3.8, 4) is 11.6 Å². The van der Waals surface area contributed by atoms with Gasteiger partial charge in [0.1, 0.15) is 5.75 Å². The van der Waals surface area contributed by atoms with E-state index in [1.165, 1.54) is 0 Å². The van der Waals surface area contributed by atoms with Gasteiger partial charge in [-0.1, -0.05) is 11.6 Å². The lowest BCUT2D eigenvalue weighted by molar-refractivity contribution is 0.461. The smallest absolute Gasteiger partial charge is 0.221 e. The van der Waals surface area contributed by atoms with E-state index in [9.17, 15) is 0 Å². The quantitative estimate of drug-likeness (QED) is 0.890. The SMILES string of the molecule is Nc1ccc(Oc2ccc(Cl)cc2Br)nc1N. The molecule has 0 aliphatic heterocycles. The fourth-order valence-corrected chi connectivity index (χ4v) is 1.96. The predicted molar refractivity (Wildman–Crippen MR) is 72.3 cm³/mol. The number of benzene rings is 1. The second-order valence-corrected chi connectivity index (χ2v) is 4.59. The molecule has 1 aromatic heterocycles. The number of nitrogen functional groups attached to an aromatic ring is 2. The Hall–Kier alpha value is -1.46. The van der Waals surface area contributed by atoms with Gasteiger partial charge in [0.25, 0.3) is 0 Å². The molecule has 6 heteroatoms. The van der Waals surface area contributed by atoms with Crippen LogP contribution in [-0.4, -0.2) is 4.98 Å². The van der Waals surface area contributed by atoms with Crippen LogP contribution in [0.25, 0.3) is 0 Å². The molecule has 0 saturated carbocycles. The molecule has 0 aliphatic rings. The van der Waals surface area contributed by atoms with Crippen LogP contribution in [0, 0.1) is 0 Å². The number of aromatic nitrogens is 1. The van der Waals surface area contributed by atoms with Crippen molar-refractivity contribution in [1.29, 1.82) is 0 Å². The number of hydrogen-bond donors (Lipinski definition) is 2. The van der Waals surface area contributed by atoms with Gasteiger partial charge < -0.3 is 16.2 Å². The van der Waals surface area contributed by atoms with Crippen LogP contribution in [0.1, 0.15) is 0 Å². The first-order valence-electron chi connectivity index (χ1n) is 4.71. The molecule has 0 bridgehead atoms. The summed E-state index contributed by atoms with van der Waals surface area (Å²) in [5, 5.41) is 0.619. The van der Waals surface area contributed by atoms with Crippen LogP contribution in [0.5, 0.6) is 11.6 Å². The lowest BCUT2D eigenvalue weighted by Crippen LogP contribution is -1.99. The molecule has 88 valence electrons. The van der Waals surface area contributed by atoms with E-state index in [-0.39, 0.29) is 5.82 Å². The largest absolute Gasteiger partial charge is 0.438 e. The Morgan fingerprint density at radius 1 is 1.18 bits per heavy atom. The van der Waals surface area contributed by atoms with Crippen molar-refractivity contribution < 1.29 is 4.74 Å². The molecule has 2 aromatic rings. The van der Waals surface area contributed by atoms with E-state index in [0.29, 0.717) is 22.3 Å². The molecular weight excluding hydrogens is 305 g/mol. The minimum absolute atomic E-state index is 0.243. The van der Waals surface area contributed by atoms with Crippen LogP contribution < -0.4 is 16.2 Å². The maximum Gasteiger partial charge on any atom is 0.221 e. The zero-order chi connectivity index (χ0) is 12.4. The summed E-state index contributed by atoms with van der Waals surface area (Å²) in [5.74, 6) is 1.22. The average molecular weight is 315 g/mol. The van der Waals surface area contributed by atoms with E-state index in [2.05, 4.69) is 20.9 Å². The molecule has 4 nitrogen and oxygen atoms in total. The molecule has 2 rings (SSSR count). The summed E-state index contributed by atoms with van der Waals surface area (Å²) in [4.78, 5) is 4.01. The van der Waals surface area contributed by atoms with Gasteiger partial charge in [-0.05, 0) is 40.2 Å². The first kappa shape index (κ1) is 12.0. The summed E-state index contributed by atoms with van der Waals surface area (Å²) < 4.78 is 6.29. The van der Waals surface area contributed by atoms with Gasteiger partial charge >= 0.3 is 0 Å². The highest BCUT2D eigenvalue weighted by molar-refractivity contribution is 9.10. The first-order chi connectivity index (χ1) is 8.06. The lowest BCUT2D eigenvalue weighted by atomic mass is 10.3. The van der Waals surface area contributed by atoms with Gasteiger partial charge in [0, 0.05) is 11.1 Å². The normalized spacial score (nSPS) is 10.2. The van der Waals surface area contributed by atoms with Crippen molar-refractivity contribution in [2.75, 3.05) is 11.5 Å². The second-order valence-electron chi connectivity index (χ2n) is 3.30. The highest BCUT2D eigenvalue weighted by Gasteiger charge is 2.05. The number of nitrogens with two attached hydrogens (primary N) is 2. The molecule has 0 atom stereocenters. The zero-order valence-electron chi connectivity index (χ0n) is 8.65. The van der Waals surface area contributed by atoms with E-state index in [1.54, 1.807) is 30.3 Å². The van der Waals surface area contributed by atoms with Crippen LogP contribution in [0.2, 0.25) is 5.02 Å². The van der Waals surface area contributed by atoms with Gasteiger partial charge in [-0.3, -0.25) is 0 Å². The topological polar surface area (TPSA) is 74.2 Å². The Labute approximate surface area is 112 Å². The van der Waals surface area contributed by atoms with E-state index in [4.69, 9.17) is 27.8 Å². The highest BCUT2D eigenvalue weighted by atomic mass is 79.9. The van der Waals surface area contributed by atoms with Crippen LogP contribution in [0.4, 0.5) is 11.5 Å². The van der Waals surface area contributed by atoms with Gasteiger partial charge in [-0.25, -0.2) is 0 Å². The number of ether oxygens (including phenoxy) is 1. The van der Waals surface area contributed by atoms with Gasteiger partial charge in [-0.2, -0.15) is 4.98 Å². The Bertz CT molecular complexity index is 562. The summed E-state index contributed by atoms with van der Waals surface area (Å²) in [6, 6.07) is 8.48. The van der Waals surface area contributed by atoms with E-state index in [0.717, 1.165) is 4.47 Å². The highest BCUT2D eigenvalue weighted by Crippen LogP contribution is 2.31. The molecule has 0 saturated heterocycles. The summed E-state index contributed by atoms with van der Waals surface area (Å²) in [6.07, 6.45) is 0. The number of nitrogens with zero attached hydrogens (tertiary/aromatic N) is 1. The third kappa shape index (κ3) is 2.81. The van der Waals surface area contributed by atoms with Gasteiger partial charge in [0.05, 0.1) is 10.2 Å². The number of pyridine rings is 1. The monoisotopic (exact) mass is 313 g/mol. The summed E-state index contributed by atoms with van der Waals surface area (Å²) in [7, 11) is 0. The Morgan fingerprint density at radius 2 is 1.94 bits per heavy atom. The molecule has 0 aliphatic carbocycles. The predicted octanol–water partition coefficient (Wildman–Crippen LogP) is 3.45. The first-order valence-corrected chi connectivity index (χ1v) is 5.88. The van der Waals surface area contributed by atoms with Crippen molar-refractivity contribution in [2.45, 2.75) is 0 Å². The second kappa shape index (κ2) is 4.81. The van der Waals surface area contributed by atoms with Gasteiger partial charge in [-0.15, -0.1) is 0 Å². The molecule has 1 aromatic carbocycles.